The molecule has 226 valence electrons. The maximum absolute atomic E-state index is 6.46. The number of rotatable bonds is 5. The molecule has 0 saturated carbocycles. The van der Waals surface area contributed by atoms with Crippen LogP contribution in [0.4, 0.5) is 17.1 Å². The van der Waals surface area contributed by atoms with Crippen molar-refractivity contribution < 1.29 is 13.3 Å². The maximum Gasteiger partial charge on any atom is 0.227 e. The monoisotopic (exact) mass is 618 g/mol. The van der Waals surface area contributed by atoms with E-state index in [0.717, 1.165) is 88.7 Å². The lowest BCUT2D eigenvalue weighted by Gasteiger charge is -2.25. The number of fused-ring (bicyclic) bond motifs is 7. The maximum atomic E-state index is 6.46. The van der Waals surface area contributed by atoms with E-state index in [1.165, 1.54) is 0 Å². The number of oxazole rings is 1. The van der Waals surface area contributed by atoms with Crippen molar-refractivity contribution in [3.63, 3.8) is 0 Å². The van der Waals surface area contributed by atoms with Crippen LogP contribution in [0.15, 0.2) is 171 Å². The summed E-state index contributed by atoms with van der Waals surface area (Å²) in [5.41, 5.74) is 11.1. The number of benzene rings is 7. The van der Waals surface area contributed by atoms with Crippen LogP contribution in [0.2, 0.25) is 0 Å². The van der Waals surface area contributed by atoms with Crippen LogP contribution in [-0.4, -0.2) is 4.98 Å². The average molecular weight is 619 g/mol. The molecule has 0 radical (unpaired) electrons. The molecule has 10 rings (SSSR count). The fourth-order valence-corrected chi connectivity index (χ4v) is 6.80. The molecule has 0 amide bonds. The van der Waals surface area contributed by atoms with Crippen LogP contribution < -0.4 is 4.90 Å². The van der Waals surface area contributed by atoms with Gasteiger partial charge in [0.05, 0.1) is 5.69 Å². The van der Waals surface area contributed by atoms with Gasteiger partial charge in [-0.1, -0.05) is 84.9 Å². The van der Waals surface area contributed by atoms with E-state index in [9.17, 15) is 0 Å². The predicted octanol–water partition coefficient (Wildman–Crippen LogP) is 12.4. The van der Waals surface area contributed by atoms with Gasteiger partial charge in [0, 0.05) is 44.5 Å². The molecule has 0 fully saturated rings. The minimum Gasteiger partial charge on any atom is -0.456 e. The van der Waals surface area contributed by atoms with Crippen LogP contribution in [0.25, 0.3) is 77.6 Å². The van der Waals surface area contributed by atoms with Crippen LogP contribution in [0.3, 0.4) is 0 Å². The fraction of sp³-hybridized carbons (Fsp3) is 0. The largest absolute Gasteiger partial charge is 0.456 e. The molecule has 0 saturated heterocycles. The standard InChI is InChI=1S/C43H26N2O3/c1-3-10-28(11-4-1)43-44-36-26-40-35(25-41(36)48-43)34-24-29(20-23-39(34)46-40)27-18-21-31(22-19-27)45(30-12-5-2-6-13-30)37-16-9-15-33-32-14-7-8-17-38(32)47-42(33)37/h1-26H. The molecule has 5 nitrogen and oxygen atoms in total. The van der Waals surface area contributed by atoms with Crippen molar-refractivity contribution in [3.05, 3.63) is 158 Å². The summed E-state index contributed by atoms with van der Waals surface area (Å²) in [4.78, 5) is 6.98. The van der Waals surface area contributed by atoms with Gasteiger partial charge in [0.2, 0.25) is 5.89 Å². The van der Waals surface area contributed by atoms with Gasteiger partial charge in [-0.25, -0.2) is 4.98 Å². The topological polar surface area (TPSA) is 55.6 Å². The molecule has 48 heavy (non-hydrogen) atoms. The smallest absolute Gasteiger partial charge is 0.227 e. The van der Waals surface area contributed by atoms with Gasteiger partial charge in [-0.05, 0) is 77.9 Å². The second kappa shape index (κ2) is 10.5. The second-order valence-corrected chi connectivity index (χ2v) is 12.0. The highest BCUT2D eigenvalue weighted by Gasteiger charge is 2.19. The predicted molar refractivity (Wildman–Crippen MR) is 194 cm³/mol. The summed E-state index contributed by atoms with van der Waals surface area (Å²) in [6.45, 7) is 0. The number of nitrogens with zero attached hydrogens (tertiary/aromatic N) is 2. The zero-order valence-corrected chi connectivity index (χ0v) is 25.6. The summed E-state index contributed by atoms with van der Waals surface area (Å²) in [6.07, 6.45) is 0. The molecule has 0 atom stereocenters. The van der Waals surface area contributed by atoms with Gasteiger partial charge in [0.1, 0.15) is 22.3 Å². The summed E-state index contributed by atoms with van der Waals surface area (Å²) >= 11 is 0. The van der Waals surface area contributed by atoms with E-state index in [1.54, 1.807) is 0 Å². The first-order valence-electron chi connectivity index (χ1n) is 15.9. The van der Waals surface area contributed by atoms with E-state index in [-0.39, 0.29) is 0 Å². The van der Waals surface area contributed by atoms with Gasteiger partial charge in [-0.2, -0.15) is 0 Å². The first kappa shape index (κ1) is 26.6. The fourth-order valence-electron chi connectivity index (χ4n) is 6.80. The zero-order chi connectivity index (χ0) is 31.6. The van der Waals surface area contributed by atoms with Crippen molar-refractivity contribution >= 4 is 72.0 Å². The summed E-state index contributed by atoms with van der Waals surface area (Å²) in [6, 6.07) is 54.0. The normalized spacial score (nSPS) is 11.8. The van der Waals surface area contributed by atoms with Gasteiger partial charge in [0.25, 0.3) is 0 Å². The molecule has 0 N–H and O–H groups in total. The first-order chi connectivity index (χ1) is 23.8. The lowest BCUT2D eigenvalue weighted by Crippen LogP contribution is -2.10. The molecule has 3 heterocycles. The Bertz CT molecular complexity index is 2770. The van der Waals surface area contributed by atoms with Crippen molar-refractivity contribution in [3.8, 4) is 22.6 Å². The van der Waals surface area contributed by atoms with Crippen LogP contribution in [0, 0.1) is 0 Å². The van der Waals surface area contributed by atoms with E-state index in [2.05, 4.69) is 95.9 Å². The lowest BCUT2D eigenvalue weighted by molar-refractivity contribution is 0.620. The van der Waals surface area contributed by atoms with Gasteiger partial charge < -0.3 is 18.2 Å². The molecule has 7 aromatic carbocycles. The van der Waals surface area contributed by atoms with Crippen molar-refractivity contribution in [2.24, 2.45) is 0 Å². The zero-order valence-electron chi connectivity index (χ0n) is 25.6. The van der Waals surface area contributed by atoms with E-state index in [1.807, 2.05) is 66.7 Å². The molecule has 0 bridgehead atoms. The molecular formula is C43H26N2O3. The lowest BCUT2D eigenvalue weighted by atomic mass is 10.0. The number of furan rings is 2. The number of hydrogen-bond donors (Lipinski definition) is 0. The minimum absolute atomic E-state index is 0.601. The van der Waals surface area contributed by atoms with Crippen molar-refractivity contribution in [1.82, 2.24) is 4.98 Å². The van der Waals surface area contributed by atoms with Crippen LogP contribution in [0.1, 0.15) is 0 Å². The molecular weight excluding hydrogens is 592 g/mol. The van der Waals surface area contributed by atoms with E-state index >= 15 is 0 Å². The van der Waals surface area contributed by atoms with Gasteiger partial charge in [0.15, 0.2) is 11.2 Å². The molecule has 5 heteroatoms. The van der Waals surface area contributed by atoms with Gasteiger partial charge in [-0.3, -0.25) is 0 Å². The Kier molecular flexibility index (Phi) is 5.81. The Morgan fingerprint density at radius 2 is 1.08 bits per heavy atom. The molecule has 0 aliphatic carbocycles. The van der Waals surface area contributed by atoms with Crippen LogP contribution >= 0.6 is 0 Å². The third kappa shape index (κ3) is 4.22. The van der Waals surface area contributed by atoms with E-state index in [0.29, 0.717) is 5.89 Å². The summed E-state index contributed by atoms with van der Waals surface area (Å²) in [5.74, 6) is 0.601. The number of anilines is 3. The Labute approximate surface area is 274 Å². The van der Waals surface area contributed by atoms with Crippen molar-refractivity contribution in [2.45, 2.75) is 0 Å². The molecule has 10 aromatic rings. The number of para-hydroxylation sites is 3. The Balaban J connectivity index is 1.06. The molecule has 0 unspecified atom stereocenters. The summed E-state index contributed by atoms with van der Waals surface area (Å²) < 4.78 is 18.9. The third-order valence-corrected chi connectivity index (χ3v) is 9.10. The average Bonchev–Trinajstić information content (AvgIpc) is 3.85. The SMILES string of the molecule is c1ccc(-c2nc3cc4oc5ccc(-c6ccc(N(c7ccccc7)c7cccc8c7oc7ccccc78)cc6)cc5c4cc3o2)cc1. The summed E-state index contributed by atoms with van der Waals surface area (Å²) in [5, 5.41) is 4.25. The summed E-state index contributed by atoms with van der Waals surface area (Å²) in [7, 11) is 0. The molecule has 0 aliphatic heterocycles. The third-order valence-electron chi connectivity index (χ3n) is 9.10. The highest BCUT2D eigenvalue weighted by atomic mass is 16.4. The highest BCUT2D eigenvalue weighted by Crippen LogP contribution is 2.43. The van der Waals surface area contributed by atoms with Crippen LogP contribution in [-0.2, 0) is 0 Å². The Morgan fingerprint density at radius 1 is 0.396 bits per heavy atom. The molecule has 0 spiro atoms. The minimum atomic E-state index is 0.601. The van der Waals surface area contributed by atoms with Crippen LogP contribution in [0.5, 0.6) is 0 Å². The number of hydrogen-bond acceptors (Lipinski definition) is 5. The van der Waals surface area contributed by atoms with Gasteiger partial charge >= 0.3 is 0 Å². The first-order valence-corrected chi connectivity index (χ1v) is 15.9. The van der Waals surface area contributed by atoms with E-state index in [4.69, 9.17) is 18.2 Å². The Morgan fingerprint density at radius 3 is 1.94 bits per heavy atom. The quantitative estimate of drug-likeness (QED) is 0.192. The molecule has 3 aromatic heterocycles. The van der Waals surface area contributed by atoms with Crippen molar-refractivity contribution in [2.75, 3.05) is 4.90 Å². The van der Waals surface area contributed by atoms with Gasteiger partial charge in [-0.15, -0.1) is 0 Å². The second-order valence-electron chi connectivity index (χ2n) is 12.0. The van der Waals surface area contributed by atoms with Crippen molar-refractivity contribution in [1.29, 1.82) is 0 Å². The van der Waals surface area contributed by atoms with E-state index < -0.39 is 0 Å². The highest BCUT2D eigenvalue weighted by molar-refractivity contribution is 6.11. The molecule has 0 aliphatic rings. The Hall–Kier alpha value is -6.59. The number of aromatic nitrogens is 1.